The van der Waals surface area contributed by atoms with Gasteiger partial charge in [0.25, 0.3) is 15.9 Å². The van der Waals surface area contributed by atoms with Gasteiger partial charge in [0.1, 0.15) is 4.90 Å². The smallest absolute Gasteiger partial charge is 0.328 e. The van der Waals surface area contributed by atoms with E-state index in [-0.39, 0.29) is 22.9 Å². The normalized spacial score (nSPS) is 17.5. The first-order valence-electron chi connectivity index (χ1n) is 10.8. The lowest BCUT2D eigenvalue weighted by Gasteiger charge is -2.29. The molecular weight excluding hydrogens is 476 g/mol. The molecule has 1 fully saturated rings. The summed E-state index contributed by atoms with van der Waals surface area (Å²) in [5.41, 5.74) is 2.37. The second-order valence-electron chi connectivity index (χ2n) is 7.94. The molecule has 10 nitrogen and oxygen atoms in total. The third-order valence-corrected chi connectivity index (χ3v) is 7.34. The molecule has 2 aromatic carbocycles. The fourth-order valence-electron chi connectivity index (χ4n) is 3.76. The van der Waals surface area contributed by atoms with Crippen LogP contribution in [-0.2, 0) is 24.3 Å². The maximum absolute atomic E-state index is 12.8. The van der Waals surface area contributed by atoms with Crippen molar-refractivity contribution in [3.8, 4) is 0 Å². The van der Waals surface area contributed by atoms with Gasteiger partial charge in [0.05, 0.1) is 18.8 Å². The molecule has 0 aliphatic carbocycles. The molecule has 11 heteroatoms. The van der Waals surface area contributed by atoms with Crippen LogP contribution in [0.3, 0.4) is 0 Å². The van der Waals surface area contributed by atoms with Gasteiger partial charge in [-0.1, -0.05) is 31.2 Å². The summed E-state index contributed by atoms with van der Waals surface area (Å²) in [6.45, 7) is 5.17. The molecule has 2 aliphatic heterocycles. The zero-order valence-corrected chi connectivity index (χ0v) is 19.8. The number of amides is 1. The number of carboxylic acids is 2. The highest BCUT2D eigenvalue weighted by Gasteiger charge is 2.41. The Morgan fingerprint density at radius 2 is 1.66 bits per heavy atom. The Morgan fingerprint density at radius 1 is 1.03 bits per heavy atom. The van der Waals surface area contributed by atoms with Crippen molar-refractivity contribution in [3.63, 3.8) is 0 Å². The Labute approximate surface area is 203 Å². The fourth-order valence-corrected chi connectivity index (χ4v) is 5.42. The highest BCUT2D eigenvalue weighted by Crippen LogP contribution is 2.32. The molecule has 0 bridgehead atoms. The number of sulfonamides is 1. The van der Waals surface area contributed by atoms with Gasteiger partial charge in [-0.25, -0.2) is 22.3 Å². The van der Waals surface area contributed by atoms with E-state index in [0.717, 1.165) is 28.6 Å². The maximum Gasteiger partial charge on any atom is 0.328 e. The number of hydrogen-bond donors (Lipinski definition) is 2. The Kier molecular flexibility index (Phi) is 8.26. The van der Waals surface area contributed by atoms with Gasteiger partial charge in [0.2, 0.25) is 0 Å². The summed E-state index contributed by atoms with van der Waals surface area (Å²) in [5, 5.41) is 15.6. The van der Waals surface area contributed by atoms with Crippen molar-refractivity contribution < 1.29 is 37.8 Å². The molecule has 2 aliphatic rings. The quantitative estimate of drug-likeness (QED) is 0.569. The maximum atomic E-state index is 12.8. The molecule has 4 rings (SSSR count). The molecule has 35 heavy (non-hydrogen) atoms. The van der Waals surface area contributed by atoms with Crippen LogP contribution in [0.25, 0.3) is 0 Å². The number of morpholine rings is 1. The van der Waals surface area contributed by atoms with E-state index in [0.29, 0.717) is 25.4 Å². The molecule has 2 N–H and O–H groups in total. The van der Waals surface area contributed by atoms with Gasteiger partial charge in [0.15, 0.2) is 0 Å². The summed E-state index contributed by atoms with van der Waals surface area (Å²) in [5.74, 6) is -3.07. The third kappa shape index (κ3) is 6.25. The second-order valence-corrected chi connectivity index (χ2v) is 9.77. The molecule has 0 radical (unpaired) electrons. The summed E-state index contributed by atoms with van der Waals surface area (Å²) in [6.07, 6.45) is 1.12. The van der Waals surface area contributed by atoms with E-state index in [1.54, 1.807) is 18.2 Å². The standard InChI is InChI=1S/C20H22N2O4S.C4H4O4/c1-15(16-5-4-6-17(13-16)21-9-11-26-12-10-21)14-22-20(23)18-7-2-3-8-19(18)27(22,24)25;5-3(6)1-2-4(7)8/h2-8,13,15H,9-12,14H2,1H3;1-2H,(H,5,6)(H,7,8). The molecule has 1 unspecified atom stereocenters. The van der Waals surface area contributed by atoms with Crippen LogP contribution < -0.4 is 4.90 Å². The van der Waals surface area contributed by atoms with Crippen molar-refractivity contribution in [2.45, 2.75) is 17.7 Å². The number of nitrogens with zero attached hydrogens (tertiary/aromatic N) is 2. The van der Waals surface area contributed by atoms with Crippen LogP contribution in [0, 0.1) is 0 Å². The highest BCUT2D eigenvalue weighted by atomic mass is 32.2. The average molecular weight is 503 g/mol. The van der Waals surface area contributed by atoms with Gasteiger partial charge in [0, 0.05) is 37.5 Å². The number of fused-ring (bicyclic) bond motifs is 1. The largest absolute Gasteiger partial charge is 0.478 e. The van der Waals surface area contributed by atoms with Crippen LogP contribution in [0.4, 0.5) is 5.69 Å². The molecule has 186 valence electrons. The van der Waals surface area contributed by atoms with E-state index < -0.39 is 27.9 Å². The minimum absolute atomic E-state index is 0.101. The first kappa shape index (κ1) is 25.9. The fraction of sp³-hybridized carbons (Fsp3) is 0.292. The van der Waals surface area contributed by atoms with E-state index in [4.69, 9.17) is 14.9 Å². The first-order chi connectivity index (χ1) is 16.6. The number of carbonyl (C=O) groups is 3. The van der Waals surface area contributed by atoms with Gasteiger partial charge in [-0.15, -0.1) is 0 Å². The number of ether oxygens (including phenoxy) is 1. The lowest BCUT2D eigenvalue weighted by Crippen LogP contribution is -2.36. The van der Waals surface area contributed by atoms with Crippen LogP contribution in [0.1, 0.15) is 28.8 Å². The van der Waals surface area contributed by atoms with Gasteiger partial charge < -0.3 is 19.8 Å². The first-order valence-corrected chi connectivity index (χ1v) is 12.3. The number of hydrogen-bond acceptors (Lipinski definition) is 7. The van der Waals surface area contributed by atoms with Gasteiger partial charge in [-0.3, -0.25) is 4.79 Å². The molecule has 0 saturated carbocycles. The van der Waals surface area contributed by atoms with E-state index in [9.17, 15) is 22.8 Å². The summed E-state index contributed by atoms with van der Waals surface area (Å²) < 4.78 is 31.9. The SMILES string of the molecule is CC(CN1C(=O)c2ccccc2S1(=O)=O)c1cccc(N2CCOCC2)c1.O=C(O)C=CC(=O)O. The van der Waals surface area contributed by atoms with E-state index in [2.05, 4.69) is 17.0 Å². The molecular formula is C24H26N2O8S. The number of carbonyl (C=O) groups excluding carboxylic acids is 1. The molecule has 2 heterocycles. The third-order valence-electron chi connectivity index (χ3n) is 5.54. The molecule has 0 spiro atoms. The summed E-state index contributed by atoms with van der Waals surface area (Å²) in [7, 11) is -3.77. The summed E-state index contributed by atoms with van der Waals surface area (Å²) >= 11 is 0. The van der Waals surface area contributed by atoms with Gasteiger partial charge in [-0.2, -0.15) is 0 Å². The predicted octanol–water partition coefficient (Wildman–Crippen LogP) is 2.18. The minimum atomic E-state index is -3.77. The van der Waals surface area contributed by atoms with Crippen molar-refractivity contribution in [2.24, 2.45) is 0 Å². The number of aliphatic carboxylic acids is 2. The summed E-state index contributed by atoms with van der Waals surface area (Å²) in [4.78, 5) is 34.1. The average Bonchev–Trinajstić information content (AvgIpc) is 3.04. The lowest BCUT2D eigenvalue weighted by molar-refractivity contribution is -0.134. The molecule has 1 atom stereocenters. The molecule has 1 saturated heterocycles. The minimum Gasteiger partial charge on any atom is -0.478 e. The monoisotopic (exact) mass is 502 g/mol. The van der Waals surface area contributed by atoms with Crippen molar-refractivity contribution in [2.75, 3.05) is 37.7 Å². The topological polar surface area (TPSA) is 142 Å². The highest BCUT2D eigenvalue weighted by molar-refractivity contribution is 7.90. The second kappa shape index (κ2) is 11.2. The van der Waals surface area contributed by atoms with Crippen molar-refractivity contribution in [1.29, 1.82) is 0 Å². The van der Waals surface area contributed by atoms with Crippen LogP contribution in [0.5, 0.6) is 0 Å². The summed E-state index contributed by atoms with van der Waals surface area (Å²) in [6, 6.07) is 14.5. The number of carboxylic acid groups (broad SMARTS) is 2. The predicted molar refractivity (Wildman–Crippen MR) is 127 cm³/mol. The van der Waals surface area contributed by atoms with Gasteiger partial charge >= 0.3 is 11.9 Å². The zero-order chi connectivity index (χ0) is 25.6. The molecule has 2 aromatic rings. The number of anilines is 1. The number of rotatable bonds is 6. The van der Waals surface area contributed by atoms with Crippen LogP contribution in [0.15, 0.2) is 65.6 Å². The van der Waals surface area contributed by atoms with Crippen LogP contribution in [-0.4, -0.2) is 73.6 Å². The lowest BCUT2D eigenvalue weighted by atomic mass is 10.00. The van der Waals surface area contributed by atoms with Crippen LogP contribution >= 0.6 is 0 Å². The van der Waals surface area contributed by atoms with Crippen LogP contribution in [0.2, 0.25) is 0 Å². The van der Waals surface area contributed by atoms with Gasteiger partial charge in [-0.05, 0) is 35.7 Å². The zero-order valence-electron chi connectivity index (χ0n) is 19.0. The van der Waals surface area contributed by atoms with Crippen molar-refractivity contribution >= 4 is 33.6 Å². The van der Waals surface area contributed by atoms with E-state index in [1.807, 2.05) is 19.1 Å². The Morgan fingerprint density at radius 3 is 2.26 bits per heavy atom. The van der Waals surface area contributed by atoms with E-state index in [1.165, 1.54) is 6.07 Å². The Hall–Kier alpha value is -3.70. The van der Waals surface area contributed by atoms with Crippen molar-refractivity contribution in [3.05, 3.63) is 71.8 Å². The Balaban J connectivity index is 0.000000371. The molecule has 0 aromatic heterocycles. The van der Waals surface area contributed by atoms with E-state index >= 15 is 0 Å². The Bertz CT molecular complexity index is 1220. The molecule has 1 amide bonds. The van der Waals surface area contributed by atoms with Crippen molar-refractivity contribution in [1.82, 2.24) is 4.31 Å². The number of benzene rings is 2.